The summed E-state index contributed by atoms with van der Waals surface area (Å²) in [7, 11) is 1.58. The van der Waals surface area contributed by atoms with E-state index in [0.29, 0.717) is 16.5 Å². The summed E-state index contributed by atoms with van der Waals surface area (Å²) in [5.74, 6) is 7.15. The van der Waals surface area contributed by atoms with Crippen molar-refractivity contribution in [2.45, 2.75) is 19.0 Å². The predicted octanol–water partition coefficient (Wildman–Crippen LogP) is 3.27. The molecule has 3 aromatic rings. The van der Waals surface area contributed by atoms with E-state index in [9.17, 15) is 4.79 Å². The summed E-state index contributed by atoms with van der Waals surface area (Å²) in [6.07, 6.45) is 1.68. The van der Waals surface area contributed by atoms with E-state index < -0.39 is 0 Å². The first-order chi connectivity index (χ1) is 15.5. The molecule has 3 N–H and O–H groups in total. The molecule has 0 aliphatic rings. The summed E-state index contributed by atoms with van der Waals surface area (Å²) in [5, 5.41) is 12.6. The van der Waals surface area contributed by atoms with Crippen molar-refractivity contribution < 1.29 is 9.53 Å². The quantitative estimate of drug-likeness (QED) is 0.150. The zero-order valence-corrected chi connectivity index (χ0v) is 19.2. The Bertz CT molecular complexity index is 1050. The van der Waals surface area contributed by atoms with Gasteiger partial charge in [0.15, 0.2) is 5.78 Å². The van der Waals surface area contributed by atoms with Gasteiger partial charge >= 0.3 is 0 Å². The van der Waals surface area contributed by atoms with E-state index >= 15 is 0 Å². The maximum atomic E-state index is 12.4. The van der Waals surface area contributed by atoms with E-state index in [2.05, 4.69) is 51.6 Å². The van der Waals surface area contributed by atoms with Gasteiger partial charge < -0.3 is 15.5 Å². The van der Waals surface area contributed by atoms with Gasteiger partial charge in [0, 0.05) is 24.3 Å². The van der Waals surface area contributed by atoms with Crippen LogP contribution in [0.3, 0.4) is 0 Å². The van der Waals surface area contributed by atoms with E-state index in [1.165, 1.54) is 22.1 Å². The number of carbonyl (C=O) groups is 1. The summed E-state index contributed by atoms with van der Waals surface area (Å²) >= 11 is 1.21. The fourth-order valence-electron chi connectivity index (χ4n) is 2.97. The van der Waals surface area contributed by atoms with Gasteiger partial charge in [-0.25, -0.2) is 10.1 Å². The molecule has 0 bridgehead atoms. The Hall–Kier alpha value is -3.53. The zero-order chi connectivity index (χ0) is 22.9. The van der Waals surface area contributed by atoms with Crippen LogP contribution in [0, 0.1) is 0 Å². The Morgan fingerprint density at radius 1 is 1.16 bits per heavy atom. The van der Waals surface area contributed by atoms with Gasteiger partial charge in [-0.3, -0.25) is 4.79 Å². The maximum absolute atomic E-state index is 12.4. The van der Waals surface area contributed by atoms with E-state index in [1.807, 2.05) is 12.1 Å². The van der Waals surface area contributed by atoms with Crippen LogP contribution in [0.25, 0.3) is 0 Å². The van der Waals surface area contributed by atoms with Gasteiger partial charge in [-0.2, -0.15) is 5.10 Å². The number of ether oxygens (including phenoxy) is 1. The van der Waals surface area contributed by atoms with E-state index in [0.717, 1.165) is 18.7 Å². The molecule has 0 unspecified atom stereocenters. The molecule has 3 rings (SSSR count). The second-order valence-electron chi connectivity index (χ2n) is 6.75. The molecule has 0 aliphatic heterocycles. The standard InChI is InChI=1S/C22H27N7O2S/c1-4-28(5-2)18-10-6-16(7-11-18)14-24-25-21-26-27-22(29(21)23)32-15-20(30)17-8-12-19(31-3)13-9-17/h6-14H,4-5,15,23H2,1-3H3,(H,25,26)/b24-14+. The number of nitrogens with zero attached hydrogens (tertiary/aromatic N) is 5. The molecule has 0 spiro atoms. The zero-order valence-electron chi connectivity index (χ0n) is 18.4. The molecule has 0 amide bonds. The third kappa shape index (κ3) is 5.79. The number of nitrogen functional groups attached to an aromatic ring is 1. The number of rotatable bonds is 11. The van der Waals surface area contributed by atoms with Gasteiger partial charge in [-0.1, -0.05) is 23.9 Å². The van der Waals surface area contributed by atoms with E-state index in [-0.39, 0.29) is 17.5 Å². The molecule has 0 radical (unpaired) electrons. The number of hydrazone groups is 1. The number of carbonyl (C=O) groups excluding carboxylic acids is 1. The normalized spacial score (nSPS) is 11.0. The van der Waals surface area contributed by atoms with Crippen molar-refractivity contribution in [1.29, 1.82) is 0 Å². The first-order valence-corrected chi connectivity index (χ1v) is 11.2. The third-order valence-corrected chi connectivity index (χ3v) is 5.75. The molecule has 0 fully saturated rings. The van der Waals surface area contributed by atoms with Crippen molar-refractivity contribution in [2.24, 2.45) is 5.10 Å². The molecule has 168 valence electrons. The first-order valence-electron chi connectivity index (χ1n) is 10.2. The number of nitrogens with two attached hydrogens (primary N) is 1. The number of benzene rings is 2. The number of hydrogen-bond acceptors (Lipinski definition) is 9. The van der Waals surface area contributed by atoms with Crippen molar-refractivity contribution in [2.75, 3.05) is 42.1 Å². The second kappa shape index (κ2) is 11.2. The van der Waals surface area contributed by atoms with Crippen molar-refractivity contribution in [3.05, 3.63) is 59.7 Å². The third-order valence-electron chi connectivity index (χ3n) is 4.81. The Morgan fingerprint density at radius 2 is 1.84 bits per heavy atom. The van der Waals surface area contributed by atoms with Crippen LogP contribution in [0.4, 0.5) is 11.6 Å². The number of nitrogens with one attached hydrogen (secondary N) is 1. The molecular formula is C22H27N7O2S. The van der Waals surface area contributed by atoms with Crippen LogP contribution in [-0.4, -0.2) is 52.8 Å². The van der Waals surface area contributed by atoms with E-state index in [4.69, 9.17) is 10.6 Å². The minimum Gasteiger partial charge on any atom is -0.497 e. The van der Waals surface area contributed by atoms with Crippen LogP contribution >= 0.6 is 11.8 Å². The Balaban J connectivity index is 1.54. The van der Waals surface area contributed by atoms with Crippen LogP contribution < -0.4 is 20.9 Å². The first kappa shape index (κ1) is 23.1. The van der Waals surface area contributed by atoms with Gasteiger partial charge in [0.1, 0.15) is 5.75 Å². The van der Waals surface area contributed by atoms with Crippen LogP contribution in [0.2, 0.25) is 0 Å². The highest BCUT2D eigenvalue weighted by Gasteiger charge is 2.13. The van der Waals surface area contributed by atoms with Crippen LogP contribution in [-0.2, 0) is 0 Å². The summed E-state index contributed by atoms with van der Waals surface area (Å²) < 4.78 is 6.38. The smallest absolute Gasteiger partial charge is 0.264 e. The Kier molecular flexibility index (Phi) is 8.09. The number of anilines is 2. The van der Waals surface area contributed by atoms with Crippen LogP contribution in [0.15, 0.2) is 58.8 Å². The highest BCUT2D eigenvalue weighted by Crippen LogP contribution is 2.19. The number of aromatic nitrogens is 3. The molecule has 0 saturated heterocycles. The number of Topliss-reactive ketones (excluding diaryl/α,β-unsaturated/α-hetero) is 1. The largest absolute Gasteiger partial charge is 0.497 e. The minimum absolute atomic E-state index is 0.0404. The summed E-state index contributed by atoms with van der Waals surface area (Å²) in [6.45, 7) is 6.19. The SMILES string of the molecule is CCN(CC)c1ccc(/C=N/Nc2nnc(SCC(=O)c3ccc(OC)cc3)n2N)cc1. The topological polar surface area (TPSA) is 111 Å². The second-order valence-corrected chi connectivity index (χ2v) is 7.69. The molecule has 32 heavy (non-hydrogen) atoms. The lowest BCUT2D eigenvalue weighted by Crippen LogP contribution is -2.21. The molecule has 9 nitrogen and oxygen atoms in total. The molecule has 0 aliphatic carbocycles. The predicted molar refractivity (Wildman–Crippen MR) is 129 cm³/mol. The van der Waals surface area contributed by atoms with Gasteiger partial charge in [-0.05, 0) is 55.8 Å². The summed E-state index contributed by atoms with van der Waals surface area (Å²) in [6, 6.07) is 15.1. The average molecular weight is 454 g/mol. The van der Waals surface area contributed by atoms with Gasteiger partial charge in [0.05, 0.1) is 19.1 Å². The van der Waals surface area contributed by atoms with Crippen molar-refractivity contribution >= 4 is 35.4 Å². The average Bonchev–Trinajstić information content (AvgIpc) is 3.18. The highest BCUT2D eigenvalue weighted by atomic mass is 32.2. The monoisotopic (exact) mass is 453 g/mol. The summed E-state index contributed by atoms with van der Waals surface area (Å²) in [4.78, 5) is 14.6. The number of hydrogen-bond donors (Lipinski definition) is 2. The lowest BCUT2D eigenvalue weighted by atomic mass is 10.1. The number of ketones is 1. The van der Waals surface area contributed by atoms with Crippen molar-refractivity contribution in [3.8, 4) is 5.75 Å². The molecule has 1 aromatic heterocycles. The fourth-order valence-corrected chi connectivity index (χ4v) is 3.72. The lowest BCUT2D eigenvalue weighted by molar-refractivity contribution is 0.102. The maximum Gasteiger partial charge on any atom is 0.264 e. The van der Waals surface area contributed by atoms with Crippen molar-refractivity contribution in [3.63, 3.8) is 0 Å². The lowest BCUT2D eigenvalue weighted by Gasteiger charge is -2.20. The molecular weight excluding hydrogens is 426 g/mol. The number of thioether (sulfide) groups is 1. The summed E-state index contributed by atoms with van der Waals surface area (Å²) in [5.41, 5.74) is 5.49. The van der Waals surface area contributed by atoms with Gasteiger partial charge in [0.2, 0.25) is 5.16 Å². The molecule has 10 heteroatoms. The van der Waals surface area contributed by atoms with Crippen molar-refractivity contribution in [1.82, 2.24) is 14.9 Å². The Labute approximate surface area is 191 Å². The molecule has 1 heterocycles. The van der Waals surface area contributed by atoms with Gasteiger partial charge in [-0.15, -0.1) is 10.2 Å². The van der Waals surface area contributed by atoms with Gasteiger partial charge in [0.25, 0.3) is 5.95 Å². The minimum atomic E-state index is -0.0404. The molecule has 2 aromatic carbocycles. The molecule has 0 saturated carbocycles. The molecule has 0 atom stereocenters. The number of methoxy groups -OCH3 is 1. The fraction of sp³-hybridized carbons (Fsp3) is 0.273. The Morgan fingerprint density at radius 3 is 2.47 bits per heavy atom. The van der Waals surface area contributed by atoms with Crippen LogP contribution in [0.1, 0.15) is 29.8 Å². The van der Waals surface area contributed by atoms with E-state index in [1.54, 1.807) is 37.6 Å². The highest BCUT2D eigenvalue weighted by molar-refractivity contribution is 7.99. The van der Waals surface area contributed by atoms with Crippen LogP contribution in [0.5, 0.6) is 5.75 Å².